The summed E-state index contributed by atoms with van der Waals surface area (Å²) in [5, 5.41) is 1.78. The summed E-state index contributed by atoms with van der Waals surface area (Å²) >= 11 is -2.15. The zero-order valence-corrected chi connectivity index (χ0v) is 7.88. The van der Waals surface area contributed by atoms with Crippen molar-refractivity contribution in [3.05, 3.63) is 0 Å². The van der Waals surface area contributed by atoms with Gasteiger partial charge in [0.2, 0.25) is 0 Å². The topological polar surface area (TPSA) is 55.8 Å². The second-order valence-electron chi connectivity index (χ2n) is 2.45. The Kier molecular flexibility index (Phi) is 4.10. The van der Waals surface area contributed by atoms with Crippen LogP contribution in [0.1, 0.15) is 6.92 Å². The molecule has 1 unspecified atom stereocenters. The van der Waals surface area contributed by atoms with Crippen molar-refractivity contribution in [2.75, 3.05) is 32.8 Å². The molecule has 0 aromatic carbocycles. The predicted molar refractivity (Wildman–Crippen MR) is 43.7 cm³/mol. The van der Waals surface area contributed by atoms with Gasteiger partial charge in [0.05, 0.1) is 13.2 Å². The van der Waals surface area contributed by atoms with Gasteiger partial charge in [0, 0.05) is 30.9 Å². The summed E-state index contributed by atoms with van der Waals surface area (Å²) in [4.78, 5) is 0. The lowest BCUT2D eigenvalue weighted by molar-refractivity contribution is -0.0406. The first kappa shape index (κ1) is 10.1. The van der Waals surface area contributed by atoms with Crippen molar-refractivity contribution in [3.8, 4) is 0 Å². The second-order valence-corrected chi connectivity index (χ2v) is 3.31. The average Bonchev–Trinajstić information content (AvgIpc) is 2.07. The van der Waals surface area contributed by atoms with Crippen LogP contribution in [0.4, 0.5) is 0 Å². The van der Waals surface area contributed by atoms with Gasteiger partial charge in [0.25, 0.3) is 0 Å². The van der Waals surface area contributed by atoms with Crippen LogP contribution >= 0.6 is 0 Å². The minimum atomic E-state index is -2.15. The van der Waals surface area contributed by atoms with Crippen LogP contribution in [0, 0.1) is 0 Å². The summed E-state index contributed by atoms with van der Waals surface area (Å²) in [5.41, 5.74) is 0. The Bertz CT molecular complexity index is 161. The molecule has 1 rings (SSSR count). The van der Waals surface area contributed by atoms with Gasteiger partial charge in [0.1, 0.15) is 0 Å². The third-order valence-electron chi connectivity index (χ3n) is 1.75. The third-order valence-corrected chi connectivity index (χ3v) is 2.58. The molecule has 6 heteroatoms. The smallest absolute Gasteiger partial charge is 0.0608 e. The van der Waals surface area contributed by atoms with Crippen molar-refractivity contribution >= 4 is 11.3 Å². The standard InChI is InChI=1S/C6H14N2O3S/c1-2-8(12(9)10)7-3-5-11-6-4-7/h2-6H2,1H3,(H,9,10)/p-1. The van der Waals surface area contributed by atoms with E-state index in [9.17, 15) is 8.76 Å². The third kappa shape index (κ3) is 2.49. The minimum Gasteiger partial charge on any atom is -0.759 e. The summed E-state index contributed by atoms with van der Waals surface area (Å²) in [5.74, 6) is 0. The molecule has 0 bridgehead atoms. The molecule has 5 nitrogen and oxygen atoms in total. The van der Waals surface area contributed by atoms with Crippen molar-refractivity contribution in [1.82, 2.24) is 9.42 Å². The molecule has 0 amide bonds. The Labute approximate surface area is 74.7 Å². The van der Waals surface area contributed by atoms with Gasteiger partial charge in [-0.3, -0.25) is 4.21 Å². The molecule has 0 aromatic heterocycles. The van der Waals surface area contributed by atoms with E-state index < -0.39 is 11.3 Å². The molecule has 0 N–H and O–H groups in total. The molecule has 1 aliphatic rings. The van der Waals surface area contributed by atoms with Crippen molar-refractivity contribution < 1.29 is 13.5 Å². The summed E-state index contributed by atoms with van der Waals surface area (Å²) in [7, 11) is 0. The van der Waals surface area contributed by atoms with Gasteiger partial charge >= 0.3 is 0 Å². The number of hydrazine groups is 1. The molecule has 12 heavy (non-hydrogen) atoms. The number of nitrogens with zero attached hydrogens (tertiary/aromatic N) is 2. The fourth-order valence-electron chi connectivity index (χ4n) is 1.18. The first-order valence-electron chi connectivity index (χ1n) is 3.95. The molecule has 1 aliphatic heterocycles. The van der Waals surface area contributed by atoms with Crippen LogP contribution in [-0.2, 0) is 16.0 Å². The van der Waals surface area contributed by atoms with Crippen LogP contribution in [0.5, 0.6) is 0 Å². The van der Waals surface area contributed by atoms with Gasteiger partial charge in [-0.05, 0) is 6.92 Å². The van der Waals surface area contributed by atoms with Gasteiger partial charge in [-0.15, -0.1) is 0 Å². The molecule has 1 saturated heterocycles. The van der Waals surface area contributed by atoms with E-state index in [1.165, 1.54) is 4.41 Å². The van der Waals surface area contributed by atoms with Crippen LogP contribution in [0.2, 0.25) is 0 Å². The van der Waals surface area contributed by atoms with Crippen molar-refractivity contribution in [2.24, 2.45) is 0 Å². The molecule has 0 aliphatic carbocycles. The van der Waals surface area contributed by atoms with Crippen LogP contribution < -0.4 is 0 Å². The molecule has 0 aromatic rings. The number of ether oxygens (including phenoxy) is 1. The predicted octanol–water partition coefficient (Wildman–Crippen LogP) is -0.650. The van der Waals surface area contributed by atoms with E-state index in [-0.39, 0.29) is 0 Å². The van der Waals surface area contributed by atoms with E-state index >= 15 is 0 Å². The van der Waals surface area contributed by atoms with Gasteiger partial charge in [0.15, 0.2) is 0 Å². The molecule has 1 atom stereocenters. The quantitative estimate of drug-likeness (QED) is 0.559. The van der Waals surface area contributed by atoms with Crippen molar-refractivity contribution in [3.63, 3.8) is 0 Å². The molecule has 0 radical (unpaired) electrons. The first-order chi connectivity index (χ1) is 5.75. The fraction of sp³-hybridized carbons (Fsp3) is 1.00. The normalized spacial score (nSPS) is 22.9. The van der Waals surface area contributed by atoms with Crippen molar-refractivity contribution in [2.45, 2.75) is 6.92 Å². The highest BCUT2D eigenvalue weighted by Crippen LogP contribution is 2.03. The van der Waals surface area contributed by atoms with Crippen molar-refractivity contribution in [1.29, 1.82) is 0 Å². The van der Waals surface area contributed by atoms with E-state index in [0.29, 0.717) is 32.8 Å². The van der Waals surface area contributed by atoms with Gasteiger partial charge in [-0.2, -0.15) is 4.41 Å². The zero-order chi connectivity index (χ0) is 8.97. The summed E-state index contributed by atoms with van der Waals surface area (Å²) in [6, 6.07) is 0. The van der Waals surface area contributed by atoms with Gasteiger partial charge < -0.3 is 9.29 Å². The van der Waals surface area contributed by atoms with Crippen LogP contribution in [0.3, 0.4) is 0 Å². The molecule has 72 valence electrons. The summed E-state index contributed by atoms with van der Waals surface area (Å²) in [6.07, 6.45) is 0. The molecule has 0 saturated carbocycles. The minimum absolute atomic E-state index is 0.482. The van der Waals surface area contributed by atoms with E-state index in [2.05, 4.69) is 0 Å². The number of hydrogen-bond donors (Lipinski definition) is 0. The van der Waals surface area contributed by atoms with Crippen LogP contribution in [0.15, 0.2) is 0 Å². The Hall–Kier alpha value is -0.0100. The fourth-order valence-corrected chi connectivity index (χ4v) is 1.74. The summed E-state index contributed by atoms with van der Waals surface area (Å²) < 4.78 is 27.8. The Morgan fingerprint density at radius 1 is 1.58 bits per heavy atom. The van der Waals surface area contributed by atoms with Crippen LogP contribution in [-0.4, -0.2) is 51.0 Å². The number of rotatable bonds is 3. The highest BCUT2D eigenvalue weighted by atomic mass is 32.2. The molecule has 1 fully saturated rings. The van der Waals surface area contributed by atoms with Gasteiger partial charge in [-0.1, -0.05) is 0 Å². The highest BCUT2D eigenvalue weighted by Gasteiger charge is 2.17. The maximum atomic E-state index is 10.7. The molecule has 0 spiro atoms. The molecular formula is C6H13N2O3S-. The molecule has 1 heterocycles. The lowest BCUT2D eigenvalue weighted by atomic mass is 10.5. The lowest BCUT2D eigenvalue weighted by Crippen LogP contribution is -2.49. The maximum absolute atomic E-state index is 10.7. The van der Waals surface area contributed by atoms with E-state index in [1.54, 1.807) is 5.01 Å². The zero-order valence-electron chi connectivity index (χ0n) is 7.06. The number of morpholine rings is 1. The Morgan fingerprint density at radius 3 is 2.58 bits per heavy atom. The van der Waals surface area contributed by atoms with E-state index in [1.807, 2.05) is 6.92 Å². The Balaban J connectivity index is 2.46. The molecular weight excluding hydrogens is 180 g/mol. The average molecular weight is 193 g/mol. The monoisotopic (exact) mass is 193 g/mol. The van der Waals surface area contributed by atoms with Crippen LogP contribution in [0.25, 0.3) is 0 Å². The first-order valence-corrected chi connectivity index (χ1v) is 4.98. The summed E-state index contributed by atoms with van der Waals surface area (Å²) in [6.45, 7) is 4.81. The number of hydrogen-bond acceptors (Lipinski definition) is 4. The maximum Gasteiger partial charge on any atom is 0.0608 e. The van der Waals surface area contributed by atoms with Gasteiger partial charge in [-0.25, -0.2) is 5.01 Å². The largest absolute Gasteiger partial charge is 0.759 e. The lowest BCUT2D eigenvalue weighted by Gasteiger charge is -2.37. The Morgan fingerprint density at radius 2 is 2.17 bits per heavy atom. The second kappa shape index (κ2) is 4.88. The van der Waals surface area contributed by atoms with E-state index in [0.717, 1.165) is 0 Å². The highest BCUT2D eigenvalue weighted by molar-refractivity contribution is 7.76. The van der Waals surface area contributed by atoms with E-state index in [4.69, 9.17) is 4.74 Å². The SMILES string of the molecule is CCN(N1CCOCC1)S(=O)[O-].